The Labute approximate surface area is 134 Å². The Balaban J connectivity index is 1.64. The van der Waals surface area contributed by atoms with Crippen LogP contribution in [0.2, 0.25) is 0 Å². The second-order valence-electron chi connectivity index (χ2n) is 5.42. The van der Waals surface area contributed by atoms with Crippen LogP contribution < -0.4 is 14.8 Å². The molecule has 1 aliphatic rings. The molecule has 0 aliphatic carbocycles. The summed E-state index contributed by atoms with van der Waals surface area (Å²) in [6.45, 7) is 0.940. The predicted molar refractivity (Wildman–Crippen MR) is 86.4 cm³/mol. The van der Waals surface area contributed by atoms with Crippen LogP contribution in [0, 0.1) is 0 Å². The summed E-state index contributed by atoms with van der Waals surface area (Å²) in [4.78, 5) is 0. The van der Waals surface area contributed by atoms with E-state index in [4.69, 9.17) is 13.9 Å². The molecule has 23 heavy (non-hydrogen) atoms. The van der Waals surface area contributed by atoms with E-state index in [1.165, 1.54) is 5.56 Å². The van der Waals surface area contributed by atoms with Crippen molar-refractivity contribution in [1.29, 1.82) is 0 Å². The number of fused-ring (bicyclic) bond motifs is 1. The Morgan fingerprint density at radius 1 is 0.870 bits per heavy atom. The van der Waals surface area contributed by atoms with Crippen LogP contribution in [0.4, 0.5) is 0 Å². The van der Waals surface area contributed by atoms with E-state index in [1.54, 1.807) is 6.26 Å². The molecule has 1 aromatic heterocycles. The maximum Gasteiger partial charge on any atom is 0.231 e. The number of rotatable bonds is 5. The molecule has 4 heteroatoms. The molecule has 0 amide bonds. The molecule has 1 aliphatic heterocycles. The fourth-order valence-corrected chi connectivity index (χ4v) is 2.78. The molecule has 0 bridgehead atoms. The maximum atomic E-state index is 5.51. The van der Waals surface area contributed by atoms with Gasteiger partial charge in [0.15, 0.2) is 11.5 Å². The average molecular weight is 307 g/mol. The zero-order valence-electron chi connectivity index (χ0n) is 12.6. The number of nitrogens with one attached hydrogen (secondary N) is 1. The molecule has 116 valence electrons. The van der Waals surface area contributed by atoms with E-state index in [1.807, 2.05) is 42.5 Å². The Bertz CT molecular complexity index is 769. The first-order valence-electron chi connectivity index (χ1n) is 7.60. The Morgan fingerprint density at radius 3 is 2.57 bits per heavy atom. The van der Waals surface area contributed by atoms with Crippen LogP contribution in [0.25, 0.3) is 0 Å². The van der Waals surface area contributed by atoms with E-state index in [2.05, 4.69) is 23.5 Å². The lowest BCUT2D eigenvalue weighted by Crippen LogP contribution is -2.21. The van der Waals surface area contributed by atoms with Gasteiger partial charge in [0.2, 0.25) is 6.79 Å². The Kier molecular flexibility index (Phi) is 3.74. The highest BCUT2D eigenvalue weighted by Gasteiger charge is 2.19. The largest absolute Gasteiger partial charge is 0.468 e. The normalized spacial score (nSPS) is 13.9. The van der Waals surface area contributed by atoms with E-state index >= 15 is 0 Å². The van der Waals surface area contributed by atoms with Gasteiger partial charge in [0.25, 0.3) is 0 Å². The van der Waals surface area contributed by atoms with E-state index in [0.717, 1.165) is 22.8 Å². The van der Waals surface area contributed by atoms with Gasteiger partial charge in [-0.2, -0.15) is 0 Å². The highest BCUT2D eigenvalue weighted by Crippen LogP contribution is 2.35. The summed E-state index contributed by atoms with van der Waals surface area (Å²) in [6, 6.07) is 20.3. The number of hydrogen-bond donors (Lipinski definition) is 1. The van der Waals surface area contributed by atoms with Crippen molar-refractivity contribution in [2.75, 3.05) is 6.79 Å². The van der Waals surface area contributed by atoms with Crippen molar-refractivity contribution in [2.24, 2.45) is 0 Å². The van der Waals surface area contributed by atoms with Crippen molar-refractivity contribution in [3.63, 3.8) is 0 Å². The molecule has 0 radical (unpaired) electrons. The summed E-state index contributed by atoms with van der Waals surface area (Å²) in [5.41, 5.74) is 2.32. The number of hydrogen-bond acceptors (Lipinski definition) is 4. The van der Waals surface area contributed by atoms with Gasteiger partial charge in [-0.05, 0) is 35.4 Å². The topological polar surface area (TPSA) is 43.6 Å². The van der Waals surface area contributed by atoms with E-state index in [0.29, 0.717) is 6.54 Å². The van der Waals surface area contributed by atoms with Gasteiger partial charge in [0, 0.05) is 0 Å². The van der Waals surface area contributed by atoms with Gasteiger partial charge in [-0.15, -0.1) is 0 Å². The van der Waals surface area contributed by atoms with Crippen LogP contribution in [0.1, 0.15) is 22.9 Å². The third-order valence-corrected chi connectivity index (χ3v) is 3.92. The zero-order valence-corrected chi connectivity index (χ0v) is 12.6. The lowest BCUT2D eigenvalue weighted by molar-refractivity contribution is 0.174. The quantitative estimate of drug-likeness (QED) is 0.776. The third kappa shape index (κ3) is 2.94. The number of ether oxygens (including phenoxy) is 2. The molecule has 1 atom stereocenters. The minimum Gasteiger partial charge on any atom is -0.468 e. The average Bonchev–Trinajstić information content (AvgIpc) is 3.27. The third-order valence-electron chi connectivity index (χ3n) is 3.92. The van der Waals surface area contributed by atoms with Crippen LogP contribution >= 0.6 is 0 Å². The lowest BCUT2D eigenvalue weighted by atomic mass is 9.98. The molecule has 1 N–H and O–H groups in total. The van der Waals surface area contributed by atoms with E-state index < -0.39 is 0 Å². The van der Waals surface area contributed by atoms with Crippen LogP contribution in [-0.4, -0.2) is 6.79 Å². The molecule has 0 saturated heterocycles. The molecular weight excluding hydrogens is 290 g/mol. The van der Waals surface area contributed by atoms with Gasteiger partial charge in [-0.25, -0.2) is 0 Å². The van der Waals surface area contributed by atoms with Crippen molar-refractivity contribution >= 4 is 0 Å². The summed E-state index contributed by atoms with van der Waals surface area (Å²) < 4.78 is 16.3. The summed E-state index contributed by atoms with van der Waals surface area (Å²) in [6.07, 6.45) is 1.69. The fraction of sp³-hybridized carbons (Fsp3) is 0.158. The molecule has 4 nitrogen and oxygen atoms in total. The second kappa shape index (κ2) is 6.18. The Hall–Kier alpha value is -2.72. The minimum absolute atomic E-state index is 0.0517. The summed E-state index contributed by atoms with van der Waals surface area (Å²) in [5.74, 6) is 2.50. The number of benzene rings is 2. The van der Waals surface area contributed by atoms with Crippen molar-refractivity contribution in [2.45, 2.75) is 12.6 Å². The smallest absolute Gasteiger partial charge is 0.231 e. The molecule has 4 rings (SSSR count). The lowest BCUT2D eigenvalue weighted by Gasteiger charge is -2.19. The highest BCUT2D eigenvalue weighted by atomic mass is 16.7. The first-order valence-corrected chi connectivity index (χ1v) is 7.60. The van der Waals surface area contributed by atoms with Crippen LogP contribution in [0.3, 0.4) is 0 Å². The van der Waals surface area contributed by atoms with Crippen LogP contribution in [-0.2, 0) is 6.54 Å². The van der Waals surface area contributed by atoms with E-state index in [9.17, 15) is 0 Å². The van der Waals surface area contributed by atoms with Crippen molar-refractivity contribution < 1.29 is 13.9 Å². The zero-order chi connectivity index (χ0) is 15.5. The van der Waals surface area contributed by atoms with Gasteiger partial charge in [-0.1, -0.05) is 36.4 Å². The molecule has 0 saturated carbocycles. The summed E-state index contributed by atoms with van der Waals surface area (Å²) >= 11 is 0. The first-order chi connectivity index (χ1) is 11.4. The molecular formula is C19H17NO3. The van der Waals surface area contributed by atoms with Gasteiger partial charge >= 0.3 is 0 Å². The SMILES string of the molecule is c1ccc([C@@H](NCc2ccco2)c2ccc3c(c2)OCO3)cc1. The van der Waals surface area contributed by atoms with Gasteiger partial charge in [0.05, 0.1) is 18.8 Å². The monoisotopic (exact) mass is 307 g/mol. The van der Waals surface area contributed by atoms with E-state index in [-0.39, 0.29) is 12.8 Å². The van der Waals surface area contributed by atoms with Crippen molar-refractivity contribution in [1.82, 2.24) is 5.32 Å². The molecule has 0 fully saturated rings. The van der Waals surface area contributed by atoms with Gasteiger partial charge < -0.3 is 13.9 Å². The molecule has 2 heterocycles. The minimum atomic E-state index is 0.0517. The predicted octanol–water partition coefficient (Wildman–Crippen LogP) is 3.89. The molecule has 0 spiro atoms. The van der Waals surface area contributed by atoms with Crippen LogP contribution in [0.15, 0.2) is 71.3 Å². The maximum absolute atomic E-state index is 5.51. The second-order valence-corrected chi connectivity index (χ2v) is 5.42. The van der Waals surface area contributed by atoms with Crippen molar-refractivity contribution in [3.8, 4) is 11.5 Å². The first kappa shape index (κ1) is 13.9. The van der Waals surface area contributed by atoms with Crippen LogP contribution in [0.5, 0.6) is 11.5 Å². The van der Waals surface area contributed by atoms with Gasteiger partial charge in [-0.3, -0.25) is 5.32 Å². The van der Waals surface area contributed by atoms with Gasteiger partial charge in [0.1, 0.15) is 5.76 Å². The van der Waals surface area contributed by atoms with Crippen molar-refractivity contribution in [3.05, 3.63) is 83.8 Å². The molecule has 3 aromatic rings. The fourth-order valence-electron chi connectivity index (χ4n) is 2.78. The number of furan rings is 1. The standard InChI is InChI=1S/C19H17NO3/c1-2-5-14(6-3-1)19(20-12-16-7-4-10-21-16)15-8-9-17-18(11-15)23-13-22-17/h1-11,19-20H,12-13H2/t19-/m1/s1. The summed E-state index contributed by atoms with van der Waals surface area (Å²) in [5, 5.41) is 3.56. The highest BCUT2D eigenvalue weighted by molar-refractivity contribution is 5.47. The molecule has 2 aromatic carbocycles. The Morgan fingerprint density at radius 2 is 1.74 bits per heavy atom. The molecule has 0 unspecified atom stereocenters. The summed E-state index contributed by atoms with van der Waals surface area (Å²) in [7, 11) is 0.